The van der Waals surface area contributed by atoms with Crippen molar-refractivity contribution in [1.29, 1.82) is 0 Å². The molecule has 1 N–H and O–H groups in total. The second-order valence-electron chi connectivity index (χ2n) is 10.4. The van der Waals surface area contributed by atoms with Gasteiger partial charge >= 0.3 is 5.97 Å². The highest BCUT2D eigenvalue weighted by atomic mass is 16.6. The number of nitrogens with zero attached hydrogens (tertiary/aromatic N) is 1. The molecule has 6 rings (SSSR count). The third-order valence-corrected chi connectivity index (χ3v) is 9.65. The summed E-state index contributed by atoms with van der Waals surface area (Å²) >= 11 is 0. The first-order valence-corrected chi connectivity index (χ1v) is 10.9. The van der Waals surface area contributed by atoms with E-state index in [4.69, 9.17) is 4.74 Å². The monoisotopic (exact) mass is 367 g/mol. The van der Waals surface area contributed by atoms with Gasteiger partial charge in [-0.15, -0.1) is 0 Å². The fourth-order valence-corrected chi connectivity index (χ4v) is 8.34. The van der Waals surface area contributed by atoms with Gasteiger partial charge in [0.05, 0.1) is 5.71 Å². The van der Waals surface area contributed by atoms with Crippen LogP contribution in [0.5, 0.6) is 0 Å². The van der Waals surface area contributed by atoms with E-state index in [9.17, 15) is 10.0 Å². The van der Waals surface area contributed by atoms with Crippen molar-refractivity contribution in [3.05, 3.63) is 23.8 Å². The van der Waals surface area contributed by atoms with Gasteiger partial charge in [-0.3, -0.25) is 0 Å². The summed E-state index contributed by atoms with van der Waals surface area (Å²) in [6.07, 6.45) is 16.6. The molecule has 0 aromatic heterocycles. The lowest BCUT2D eigenvalue weighted by atomic mass is 9.50. The largest absolute Gasteiger partial charge is 0.450 e. The van der Waals surface area contributed by atoms with Gasteiger partial charge in [0, 0.05) is 16.9 Å². The highest BCUT2D eigenvalue weighted by Gasteiger charge is 2.77. The molecule has 4 fully saturated rings. The molecule has 0 amide bonds. The highest BCUT2D eigenvalue weighted by Crippen LogP contribution is 2.78. The summed E-state index contributed by atoms with van der Waals surface area (Å²) in [7, 11) is 0. The van der Waals surface area contributed by atoms with E-state index in [0.717, 1.165) is 36.8 Å². The van der Waals surface area contributed by atoms with Crippen molar-refractivity contribution < 1.29 is 14.7 Å². The molecule has 0 bridgehead atoms. The quantitative estimate of drug-likeness (QED) is 0.386. The number of ether oxygens (including phenoxy) is 1. The van der Waals surface area contributed by atoms with Crippen LogP contribution in [0, 0.1) is 34.5 Å². The average molecular weight is 367 g/mol. The van der Waals surface area contributed by atoms with Crippen molar-refractivity contribution in [1.82, 2.24) is 0 Å². The van der Waals surface area contributed by atoms with Gasteiger partial charge in [0.25, 0.3) is 0 Å². The van der Waals surface area contributed by atoms with Crippen LogP contribution >= 0.6 is 0 Å². The zero-order chi connectivity index (χ0) is 18.4. The molecule has 4 unspecified atom stereocenters. The molecule has 1 heterocycles. The van der Waals surface area contributed by atoms with Crippen LogP contribution in [0.2, 0.25) is 0 Å². The number of carbonyl (C=O) groups excluding carboxylic acids is 1. The van der Waals surface area contributed by atoms with Crippen LogP contribution < -0.4 is 0 Å². The lowest BCUT2D eigenvalue weighted by Gasteiger charge is -2.55. The van der Waals surface area contributed by atoms with Gasteiger partial charge in [-0.1, -0.05) is 17.7 Å². The van der Waals surface area contributed by atoms with Gasteiger partial charge in [0.1, 0.15) is 5.60 Å². The molecular formula is C23H29NO3. The van der Waals surface area contributed by atoms with E-state index in [0.29, 0.717) is 11.8 Å². The Balaban J connectivity index is 1.37. The minimum Gasteiger partial charge on any atom is -0.450 e. The Morgan fingerprint density at radius 3 is 2.70 bits per heavy atom. The first kappa shape index (κ1) is 16.4. The molecule has 0 aromatic carbocycles. The molecule has 0 aromatic rings. The van der Waals surface area contributed by atoms with Gasteiger partial charge < -0.3 is 9.94 Å². The maximum atomic E-state index is 12.1. The highest BCUT2D eigenvalue weighted by molar-refractivity contribution is 5.96. The molecule has 2 spiro atoms. The predicted molar refractivity (Wildman–Crippen MR) is 101 cm³/mol. The van der Waals surface area contributed by atoms with Gasteiger partial charge in [-0.2, -0.15) is 0 Å². The SMILES string of the molecule is C[C@]12CCC3C4CCC(=NO)C=C4CCC3C1CC1(CC1)[C@@]21C=CC(=O)O1. The minimum atomic E-state index is -0.327. The fourth-order valence-electron chi connectivity index (χ4n) is 8.34. The van der Waals surface area contributed by atoms with Crippen molar-refractivity contribution in [3.8, 4) is 0 Å². The van der Waals surface area contributed by atoms with E-state index in [-0.39, 0.29) is 22.4 Å². The van der Waals surface area contributed by atoms with E-state index < -0.39 is 0 Å². The zero-order valence-electron chi connectivity index (χ0n) is 16.1. The summed E-state index contributed by atoms with van der Waals surface area (Å²) in [5.41, 5.74) is 2.39. The number of allylic oxidation sites excluding steroid dienone is 2. The second-order valence-corrected chi connectivity index (χ2v) is 10.4. The second kappa shape index (κ2) is 5.07. The van der Waals surface area contributed by atoms with Crippen LogP contribution in [0.1, 0.15) is 64.7 Å². The number of esters is 1. The van der Waals surface area contributed by atoms with Gasteiger partial charge in [0.2, 0.25) is 0 Å². The Hall–Kier alpha value is -1.58. The van der Waals surface area contributed by atoms with E-state index >= 15 is 0 Å². The molecule has 0 radical (unpaired) electrons. The van der Waals surface area contributed by atoms with Crippen molar-refractivity contribution in [3.63, 3.8) is 0 Å². The van der Waals surface area contributed by atoms with Crippen LogP contribution in [0.4, 0.5) is 0 Å². The van der Waals surface area contributed by atoms with Crippen LogP contribution in [0.3, 0.4) is 0 Å². The van der Waals surface area contributed by atoms with Crippen molar-refractivity contribution in [2.24, 2.45) is 39.7 Å². The number of rotatable bonds is 0. The Morgan fingerprint density at radius 2 is 2.00 bits per heavy atom. The number of carbonyl (C=O) groups is 1. The first-order valence-electron chi connectivity index (χ1n) is 10.9. The Labute approximate surface area is 160 Å². The molecule has 5 aliphatic carbocycles. The van der Waals surface area contributed by atoms with Gasteiger partial charge in [-0.25, -0.2) is 4.79 Å². The van der Waals surface area contributed by atoms with Crippen molar-refractivity contribution in [2.75, 3.05) is 0 Å². The summed E-state index contributed by atoms with van der Waals surface area (Å²) in [5.74, 6) is 2.73. The summed E-state index contributed by atoms with van der Waals surface area (Å²) in [4.78, 5) is 12.1. The summed E-state index contributed by atoms with van der Waals surface area (Å²) in [6.45, 7) is 2.44. The first-order chi connectivity index (χ1) is 13.0. The fraction of sp³-hybridized carbons (Fsp3) is 0.739. The minimum absolute atomic E-state index is 0.0981. The van der Waals surface area contributed by atoms with Gasteiger partial charge in [-0.05, 0) is 93.6 Å². The lowest BCUT2D eigenvalue weighted by Crippen LogP contribution is -2.54. The van der Waals surface area contributed by atoms with Gasteiger partial charge in [0.15, 0.2) is 0 Å². The standard InChI is InChI=1S/C23H29NO3/c1-21-8-6-17-16-5-3-15(24-26)12-14(16)2-4-18(17)19(21)13-22(10-11-22)23(21)9-7-20(25)27-23/h7,9,12,16-19,26H,2-6,8,10-11,13H2,1H3/t16?,17?,18?,19?,21-,23+/m0/s1. The van der Waals surface area contributed by atoms with E-state index in [2.05, 4.69) is 24.2 Å². The average Bonchev–Trinajstić information content (AvgIpc) is 3.30. The molecule has 144 valence electrons. The Kier molecular flexibility index (Phi) is 3.07. The topological polar surface area (TPSA) is 58.9 Å². The number of hydrogen-bond acceptors (Lipinski definition) is 4. The molecule has 4 heteroatoms. The number of fused-ring (bicyclic) bond motifs is 7. The molecule has 6 atom stereocenters. The molecule has 6 aliphatic rings. The zero-order valence-corrected chi connectivity index (χ0v) is 16.1. The Bertz CT molecular complexity index is 806. The van der Waals surface area contributed by atoms with Crippen LogP contribution in [0.15, 0.2) is 29.0 Å². The molecule has 4 nitrogen and oxygen atoms in total. The molecule has 4 saturated carbocycles. The molecule has 0 saturated heterocycles. The number of hydrogen-bond donors (Lipinski definition) is 1. The van der Waals surface area contributed by atoms with E-state index in [1.54, 1.807) is 6.08 Å². The van der Waals surface area contributed by atoms with Crippen molar-refractivity contribution >= 4 is 11.7 Å². The summed E-state index contributed by atoms with van der Waals surface area (Å²) in [6, 6.07) is 0. The van der Waals surface area contributed by atoms with E-state index in [1.165, 1.54) is 44.1 Å². The summed E-state index contributed by atoms with van der Waals surface area (Å²) < 4.78 is 6.17. The summed E-state index contributed by atoms with van der Waals surface area (Å²) in [5, 5.41) is 12.6. The molecular weight excluding hydrogens is 338 g/mol. The number of oxime groups is 1. The third kappa shape index (κ3) is 1.85. The molecule has 27 heavy (non-hydrogen) atoms. The maximum Gasteiger partial charge on any atom is 0.331 e. The van der Waals surface area contributed by atoms with Crippen LogP contribution in [-0.2, 0) is 9.53 Å². The van der Waals surface area contributed by atoms with Crippen LogP contribution in [-0.4, -0.2) is 22.5 Å². The molecule has 1 aliphatic heterocycles. The maximum absolute atomic E-state index is 12.1. The predicted octanol–water partition coefficient (Wildman–Crippen LogP) is 4.63. The normalized spacial score (nSPS) is 50.3. The van der Waals surface area contributed by atoms with Crippen LogP contribution in [0.25, 0.3) is 0 Å². The lowest BCUT2D eigenvalue weighted by molar-refractivity contribution is -0.168. The van der Waals surface area contributed by atoms with Crippen molar-refractivity contribution in [2.45, 2.75) is 70.3 Å². The third-order valence-electron chi connectivity index (χ3n) is 9.65. The van der Waals surface area contributed by atoms with E-state index in [1.807, 2.05) is 0 Å². The smallest absolute Gasteiger partial charge is 0.331 e. The Morgan fingerprint density at radius 1 is 1.15 bits per heavy atom.